The minimum Gasteiger partial charge on any atom is -0.356 e. The van der Waals surface area contributed by atoms with Gasteiger partial charge in [-0.2, -0.15) is 0 Å². The number of carbonyl (C=O) groups excluding carboxylic acids is 1. The minimum absolute atomic E-state index is 0.0589. The van der Waals surface area contributed by atoms with Crippen LogP contribution < -0.4 is 10.9 Å². The topological polar surface area (TPSA) is 87.7 Å². The molecule has 0 unspecified atom stereocenters. The summed E-state index contributed by atoms with van der Waals surface area (Å²) in [7, 11) is 0. The summed E-state index contributed by atoms with van der Waals surface area (Å²) in [5.41, 5.74) is 1.30. The Morgan fingerprint density at radius 1 is 1.39 bits per heavy atom. The molecule has 2 aromatic rings. The summed E-state index contributed by atoms with van der Waals surface area (Å²) in [6.07, 6.45) is 5.31. The van der Waals surface area contributed by atoms with Gasteiger partial charge in [-0.15, -0.1) is 0 Å². The van der Waals surface area contributed by atoms with Crippen LogP contribution in [0.25, 0.3) is 11.5 Å². The summed E-state index contributed by atoms with van der Waals surface area (Å²) in [6.45, 7) is 2.45. The highest BCUT2D eigenvalue weighted by Gasteiger charge is 2.19. The molecule has 1 aliphatic rings. The Morgan fingerprint density at radius 2 is 2.22 bits per heavy atom. The quantitative estimate of drug-likeness (QED) is 0.878. The van der Waals surface area contributed by atoms with Crippen LogP contribution in [0.3, 0.4) is 0 Å². The van der Waals surface area contributed by atoms with Gasteiger partial charge in [0.25, 0.3) is 5.56 Å². The molecule has 2 N–H and O–H groups in total. The van der Waals surface area contributed by atoms with Crippen molar-refractivity contribution < 1.29 is 4.79 Å². The molecule has 1 amide bonds. The van der Waals surface area contributed by atoms with E-state index in [0.717, 1.165) is 0 Å². The Kier molecular flexibility index (Phi) is 4.50. The van der Waals surface area contributed by atoms with E-state index in [1.165, 1.54) is 19.3 Å². The molecule has 1 saturated carbocycles. The van der Waals surface area contributed by atoms with Crippen molar-refractivity contribution in [3.05, 3.63) is 46.0 Å². The van der Waals surface area contributed by atoms with Gasteiger partial charge in [0.2, 0.25) is 5.91 Å². The van der Waals surface area contributed by atoms with Crippen LogP contribution in [0.5, 0.6) is 0 Å². The van der Waals surface area contributed by atoms with Crippen LogP contribution in [0.4, 0.5) is 0 Å². The number of aromatic amines is 1. The fraction of sp³-hybridized carbons (Fsp3) is 0.412. The third kappa shape index (κ3) is 3.64. The highest BCUT2D eigenvalue weighted by atomic mass is 16.2. The van der Waals surface area contributed by atoms with E-state index >= 15 is 0 Å². The number of hydrogen-bond acceptors (Lipinski definition) is 4. The van der Waals surface area contributed by atoms with Gasteiger partial charge >= 0.3 is 0 Å². The van der Waals surface area contributed by atoms with Gasteiger partial charge in [0.15, 0.2) is 5.82 Å². The molecule has 0 bridgehead atoms. The number of H-pyrrole nitrogens is 1. The van der Waals surface area contributed by atoms with Crippen LogP contribution in [0, 0.1) is 12.8 Å². The van der Waals surface area contributed by atoms with Crippen molar-refractivity contribution in [1.29, 1.82) is 0 Å². The van der Waals surface area contributed by atoms with Crippen LogP contribution in [0.1, 0.15) is 30.5 Å². The van der Waals surface area contributed by atoms with Crippen molar-refractivity contribution in [3.8, 4) is 11.5 Å². The SMILES string of the molecule is Cc1nc(-c2ccccn2)[nH]c(=O)c1CC(=O)NCC1CCC1. The van der Waals surface area contributed by atoms with Crippen molar-refractivity contribution in [1.82, 2.24) is 20.3 Å². The monoisotopic (exact) mass is 312 g/mol. The van der Waals surface area contributed by atoms with E-state index < -0.39 is 0 Å². The number of pyridine rings is 1. The zero-order valence-corrected chi connectivity index (χ0v) is 13.1. The predicted octanol–water partition coefficient (Wildman–Crippen LogP) is 1.60. The molecule has 2 aromatic heterocycles. The Bertz CT molecular complexity index is 751. The molecule has 0 saturated heterocycles. The van der Waals surface area contributed by atoms with Gasteiger partial charge in [-0.05, 0) is 37.8 Å². The van der Waals surface area contributed by atoms with Crippen molar-refractivity contribution in [2.45, 2.75) is 32.6 Å². The maximum Gasteiger partial charge on any atom is 0.255 e. The minimum atomic E-state index is -0.281. The summed E-state index contributed by atoms with van der Waals surface area (Å²) in [5, 5.41) is 2.90. The van der Waals surface area contributed by atoms with Gasteiger partial charge in [0, 0.05) is 24.0 Å². The summed E-state index contributed by atoms with van der Waals surface area (Å²) in [5.74, 6) is 0.896. The van der Waals surface area contributed by atoms with Crippen molar-refractivity contribution >= 4 is 5.91 Å². The Morgan fingerprint density at radius 3 is 2.83 bits per heavy atom. The molecule has 2 heterocycles. The van der Waals surface area contributed by atoms with Crippen LogP contribution in [-0.2, 0) is 11.2 Å². The molecule has 120 valence electrons. The normalized spacial score (nSPS) is 14.3. The Hall–Kier alpha value is -2.50. The van der Waals surface area contributed by atoms with Gasteiger partial charge in [0.05, 0.1) is 6.42 Å². The Labute approximate surface area is 134 Å². The number of aryl methyl sites for hydroxylation is 1. The maximum absolute atomic E-state index is 12.3. The van der Waals surface area contributed by atoms with Gasteiger partial charge in [0.1, 0.15) is 5.69 Å². The van der Waals surface area contributed by atoms with Gasteiger partial charge in [-0.1, -0.05) is 12.5 Å². The van der Waals surface area contributed by atoms with E-state index in [0.29, 0.717) is 35.2 Å². The fourth-order valence-electron chi connectivity index (χ4n) is 2.62. The first-order valence-corrected chi connectivity index (χ1v) is 7.91. The van der Waals surface area contributed by atoms with E-state index in [1.54, 1.807) is 25.3 Å². The molecule has 1 fully saturated rings. The van der Waals surface area contributed by atoms with Crippen molar-refractivity contribution in [3.63, 3.8) is 0 Å². The second kappa shape index (κ2) is 6.73. The van der Waals surface area contributed by atoms with E-state index in [1.807, 2.05) is 6.07 Å². The summed E-state index contributed by atoms with van der Waals surface area (Å²) < 4.78 is 0. The smallest absolute Gasteiger partial charge is 0.255 e. The standard InChI is InChI=1S/C17H20N4O2/c1-11-13(9-15(22)19-10-12-5-4-6-12)17(23)21-16(20-11)14-7-2-3-8-18-14/h2-3,7-8,12H,4-6,9-10H2,1H3,(H,19,22)(H,20,21,23). The fourth-order valence-corrected chi connectivity index (χ4v) is 2.62. The zero-order chi connectivity index (χ0) is 16.2. The Balaban J connectivity index is 1.72. The van der Waals surface area contributed by atoms with Gasteiger partial charge in [-0.3, -0.25) is 14.6 Å². The average Bonchev–Trinajstić information content (AvgIpc) is 2.50. The van der Waals surface area contributed by atoms with E-state index in [9.17, 15) is 9.59 Å². The number of hydrogen-bond donors (Lipinski definition) is 2. The highest BCUT2D eigenvalue weighted by molar-refractivity contribution is 5.78. The number of rotatable bonds is 5. The molecular formula is C17H20N4O2. The lowest BCUT2D eigenvalue weighted by atomic mass is 9.85. The van der Waals surface area contributed by atoms with Gasteiger partial charge in [-0.25, -0.2) is 4.98 Å². The lowest BCUT2D eigenvalue weighted by molar-refractivity contribution is -0.120. The van der Waals surface area contributed by atoms with Crippen LogP contribution in [0.2, 0.25) is 0 Å². The number of nitrogens with one attached hydrogen (secondary N) is 2. The van der Waals surface area contributed by atoms with E-state index in [4.69, 9.17) is 0 Å². The first kappa shape index (κ1) is 15.4. The number of amides is 1. The summed E-state index contributed by atoms with van der Waals surface area (Å²) >= 11 is 0. The molecule has 3 rings (SSSR count). The predicted molar refractivity (Wildman–Crippen MR) is 86.9 cm³/mol. The second-order valence-corrected chi connectivity index (χ2v) is 5.97. The first-order chi connectivity index (χ1) is 11.1. The van der Waals surface area contributed by atoms with Crippen molar-refractivity contribution in [2.24, 2.45) is 5.92 Å². The van der Waals surface area contributed by atoms with Crippen molar-refractivity contribution in [2.75, 3.05) is 6.54 Å². The molecule has 0 aromatic carbocycles. The molecule has 0 spiro atoms. The van der Waals surface area contributed by atoms with Crippen LogP contribution in [0.15, 0.2) is 29.2 Å². The largest absolute Gasteiger partial charge is 0.356 e. The second-order valence-electron chi connectivity index (χ2n) is 5.97. The molecule has 6 heteroatoms. The molecule has 0 radical (unpaired) electrons. The first-order valence-electron chi connectivity index (χ1n) is 7.91. The lowest BCUT2D eigenvalue weighted by Gasteiger charge is -2.25. The van der Waals surface area contributed by atoms with E-state index in [-0.39, 0.29) is 17.9 Å². The maximum atomic E-state index is 12.3. The summed E-state index contributed by atoms with van der Waals surface area (Å²) in [4.78, 5) is 35.6. The highest BCUT2D eigenvalue weighted by Crippen LogP contribution is 2.25. The van der Waals surface area contributed by atoms with Crippen LogP contribution in [-0.4, -0.2) is 27.4 Å². The van der Waals surface area contributed by atoms with E-state index in [2.05, 4.69) is 20.3 Å². The van der Waals surface area contributed by atoms with Gasteiger partial charge < -0.3 is 10.3 Å². The lowest BCUT2D eigenvalue weighted by Crippen LogP contribution is -2.34. The molecular weight excluding hydrogens is 292 g/mol. The number of carbonyl (C=O) groups is 1. The van der Waals surface area contributed by atoms with Crippen LogP contribution >= 0.6 is 0 Å². The number of aromatic nitrogens is 3. The third-order valence-corrected chi connectivity index (χ3v) is 4.28. The number of nitrogens with zero attached hydrogens (tertiary/aromatic N) is 2. The molecule has 6 nitrogen and oxygen atoms in total. The summed E-state index contributed by atoms with van der Waals surface area (Å²) in [6, 6.07) is 5.41. The molecule has 23 heavy (non-hydrogen) atoms. The molecule has 1 aliphatic carbocycles. The average molecular weight is 312 g/mol. The third-order valence-electron chi connectivity index (χ3n) is 4.28. The zero-order valence-electron chi connectivity index (χ0n) is 13.1. The molecule has 0 atom stereocenters. The molecule has 0 aliphatic heterocycles.